The zero-order valence-corrected chi connectivity index (χ0v) is 18.8. The number of nitrogens with zero attached hydrogens (tertiary/aromatic N) is 4. The number of benzene rings is 2. The molecule has 2 aliphatic heterocycles. The van der Waals surface area contributed by atoms with E-state index in [1.807, 2.05) is 41.3 Å². The van der Waals surface area contributed by atoms with Crippen molar-refractivity contribution in [2.75, 3.05) is 62.3 Å². The molecule has 2 saturated heterocycles. The number of fused-ring (bicyclic) bond motifs is 1. The highest BCUT2D eigenvalue weighted by atomic mass is 35.5. The van der Waals surface area contributed by atoms with E-state index >= 15 is 0 Å². The van der Waals surface area contributed by atoms with Crippen molar-refractivity contribution in [2.45, 2.75) is 0 Å². The molecule has 1 aromatic heterocycles. The minimum atomic E-state index is 0.0720. The minimum Gasteiger partial charge on any atom is -0.378 e. The van der Waals surface area contributed by atoms with Crippen LogP contribution in [0.4, 0.5) is 16.5 Å². The van der Waals surface area contributed by atoms with Crippen LogP contribution in [0.2, 0.25) is 5.02 Å². The molecule has 5 rings (SSSR count). The predicted molar refractivity (Wildman–Crippen MR) is 125 cm³/mol. The number of ether oxygens (including phenoxy) is 1. The molecule has 0 unspecified atom stereocenters. The Morgan fingerprint density at radius 3 is 2.55 bits per heavy atom. The molecule has 2 fully saturated rings. The molecule has 0 bridgehead atoms. The first-order chi connectivity index (χ1) is 15.1. The third-order valence-electron chi connectivity index (χ3n) is 5.82. The van der Waals surface area contributed by atoms with Gasteiger partial charge in [0.25, 0.3) is 5.91 Å². The number of aromatic nitrogens is 1. The van der Waals surface area contributed by atoms with E-state index in [1.165, 1.54) is 0 Å². The van der Waals surface area contributed by atoms with E-state index in [2.05, 4.69) is 15.5 Å². The highest BCUT2D eigenvalue weighted by Crippen LogP contribution is 2.32. The molecular formula is C22H25ClN5O2S+. The van der Waals surface area contributed by atoms with E-state index in [9.17, 15) is 4.79 Å². The third kappa shape index (κ3) is 4.21. The number of morpholine rings is 1. The predicted octanol–water partition coefficient (Wildman–Crippen LogP) is 2.62. The van der Waals surface area contributed by atoms with Gasteiger partial charge in [0.2, 0.25) is 0 Å². The van der Waals surface area contributed by atoms with Gasteiger partial charge in [-0.15, -0.1) is 0 Å². The van der Waals surface area contributed by atoms with Crippen molar-refractivity contribution in [1.82, 2.24) is 9.88 Å². The Hall–Kier alpha value is -2.39. The second-order valence-electron chi connectivity index (χ2n) is 7.84. The molecule has 0 spiro atoms. The number of halogens is 1. The van der Waals surface area contributed by atoms with Crippen molar-refractivity contribution in [2.24, 2.45) is 0 Å². The lowest BCUT2D eigenvalue weighted by Gasteiger charge is -2.36. The Labute approximate surface area is 190 Å². The topological polar surface area (TPSA) is 76.6 Å². The summed E-state index contributed by atoms with van der Waals surface area (Å²) in [5, 5.41) is 1.71. The number of rotatable bonds is 3. The molecule has 2 aromatic carbocycles. The molecule has 3 heterocycles. The molecule has 9 heteroatoms. The summed E-state index contributed by atoms with van der Waals surface area (Å²) in [6.45, 7) is 5.82. The molecule has 31 heavy (non-hydrogen) atoms. The van der Waals surface area contributed by atoms with Gasteiger partial charge in [-0.3, -0.25) is 4.79 Å². The normalized spacial score (nSPS) is 17.4. The largest absolute Gasteiger partial charge is 0.378 e. The molecule has 2 aliphatic rings. The van der Waals surface area contributed by atoms with Gasteiger partial charge in [0.15, 0.2) is 5.13 Å². The third-order valence-corrected chi connectivity index (χ3v) is 7.13. The molecule has 0 atom stereocenters. The number of hydrogen-bond acceptors (Lipinski definition) is 6. The second-order valence-corrected chi connectivity index (χ2v) is 9.28. The van der Waals surface area contributed by atoms with Gasteiger partial charge in [-0.1, -0.05) is 22.9 Å². The molecule has 1 amide bonds. The maximum atomic E-state index is 13.4. The molecule has 162 valence electrons. The summed E-state index contributed by atoms with van der Waals surface area (Å²) in [5.74, 6) is 0.0720. The monoisotopic (exact) mass is 458 g/mol. The van der Waals surface area contributed by atoms with Crippen LogP contribution in [0.1, 0.15) is 10.4 Å². The number of piperazine rings is 1. The van der Waals surface area contributed by atoms with E-state index in [1.54, 1.807) is 11.3 Å². The summed E-state index contributed by atoms with van der Waals surface area (Å²) in [4.78, 5) is 24.6. The number of carbonyl (C=O) groups is 1. The van der Waals surface area contributed by atoms with Crippen LogP contribution in [-0.2, 0) is 4.74 Å². The molecule has 3 N–H and O–H groups in total. The van der Waals surface area contributed by atoms with Gasteiger partial charge in [0, 0.05) is 56.4 Å². The second kappa shape index (κ2) is 8.63. The summed E-state index contributed by atoms with van der Waals surface area (Å²) in [6, 6.07) is 11.7. The lowest BCUT2D eigenvalue weighted by atomic mass is 10.1. The van der Waals surface area contributed by atoms with Crippen LogP contribution >= 0.6 is 22.9 Å². The van der Waals surface area contributed by atoms with Gasteiger partial charge < -0.3 is 25.2 Å². The van der Waals surface area contributed by atoms with Gasteiger partial charge in [-0.2, -0.15) is 0 Å². The number of anilines is 2. The summed E-state index contributed by atoms with van der Waals surface area (Å²) in [6.07, 6.45) is 0. The van der Waals surface area contributed by atoms with Gasteiger partial charge in [-0.05, 0) is 24.3 Å². The van der Waals surface area contributed by atoms with E-state index in [-0.39, 0.29) is 5.91 Å². The van der Waals surface area contributed by atoms with E-state index in [4.69, 9.17) is 21.3 Å². The minimum absolute atomic E-state index is 0.0720. The van der Waals surface area contributed by atoms with Crippen LogP contribution in [0, 0.1) is 0 Å². The Balaban J connectivity index is 1.31. The maximum absolute atomic E-state index is 13.4. The van der Waals surface area contributed by atoms with Crippen LogP contribution in [0.25, 0.3) is 10.2 Å². The molecule has 7 nitrogen and oxygen atoms in total. The van der Waals surface area contributed by atoms with E-state index in [0.29, 0.717) is 26.3 Å². The zero-order chi connectivity index (χ0) is 21.4. The number of hydrogen-bond donors (Lipinski definition) is 1. The summed E-state index contributed by atoms with van der Waals surface area (Å²) in [7, 11) is 0. The average molecular weight is 459 g/mol. The highest BCUT2D eigenvalue weighted by Gasteiger charge is 2.27. The summed E-state index contributed by atoms with van der Waals surface area (Å²) in [5.41, 5.74) is 7.56. The van der Waals surface area contributed by atoms with Gasteiger partial charge in [-0.25, -0.2) is 4.98 Å². The smallest absolute Gasteiger partial charge is 0.256 e. The van der Waals surface area contributed by atoms with E-state index < -0.39 is 0 Å². The first kappa shape index (κ1) is 20.5. The lowest BCUT2D eigenvalue weighted by molar-refractivity contribution is -0.254. The molecule has 0 saturated carbocycles. The number of quaternary nitrogens is 1. The fraction of sp³-hybridized carbons (Fsp3) is 0.364. The van der Waals surface area contributed by atoms with Gasteiger partial charge in [0.05, 0.1) is 34.7 Å². The van der Waals surface area contributed by atoms with Crippen LogP contribution in [0.5, 0.6) is 0 Å². The quantitative estimate of drug-likeness (QED) is 0.653. The Bertz CT molecular complexity index is 1110. The van der Waals surface area contributed by atoms with Crippen LogP contribution in [0.15, 0.2) is 36.4 Å². The van der Waals surface area contributed by atoms with E-state index in [0.717, 1.165) is 63.5 Å². The highest BCUT2D eigenvalue weighted by molar-refractivity contribution is 7.22. The number of amides is 1. The van der Waals surface area contributed by atoms with Crippen LogP contribution in [-0.4, -0.2) is 68.3 Å². The zero-order valence-electron chi connectivity index (χ0n) is 17.2. The van der Waals surface area contributed by atoms with Crippen molar-refractivity contribution < 1.29 is 15.3 Å². The van der Waals surface area contributed by atoms with Gasteiger partial charge >= 0.3 is 0 Å². The summed E-state index contributed by atoms with van der Waals surface area (Å²) < 4.78 is 6.56. The van der Waals surface area contributed by atoms with Crippen molar-refractivity contribution >= 4 is 55.6 Å². The first-order valence-electron chi connectivity index (χ1n) is 10.5. The van der Waals surface area contributed by atoms with Crippen molar-refractivity contribution in [1.29, 1.82) is 0 Å². The Kier molecular flexibility index (Phi) is 5.71. The SMILES string of the molecule is [NH3+]c1ccc(N2CCOCC2)c(C(=O)N2CCN(c3nc4ccc(Cl)cc4s3)CC2)c1. The van der Waals surface area contributed by atoms with Crippen LogP contribution < -0.4 is 15.5 Å². The summed E-state index contributed by atoms with van der Waals surface area (Å²) >= 11 is 7.76. The van der Waals surface area contributed by atoms with Crippen LogP contribution in [0.3, 0.4) is 0 Å². The molecule has 0 radical (unpaired) electrons. The van der Waals surface area contributed by atoms with Crippen molar-refractivity contribution in [3.63, 3.8) is 0 Å². The fourth-order valence-corrected chi connectivity index (χ4v) is 5.42. The van der Waals surface area contributed by atoms with Gasteiger partial charge in [0.1, 0.15) is 5.69 Å². The standard InChI is InChI=1S/C22H24ClN5O2S/c23-15-1-3-18-20(13-15)31-22(25-18)28-7-5-27(6-8-28)21(29)17-14-16(24)2-4-19(17)26-9-11-30-12-10-26/h1-4,13-14H,5-12,24H2/p+1. The average Bonchev–Trinajstić information content (AvgIpc) is 3.22. The lowest BCUT2D eigenvalue weighted by Crippen LogP contribution is -2.49. The first-order valence-corrected chi connectivity index (χ1v) is 11.7. The molecule has 3 aromatic rings. The Morgan fingerprint density at radius 1 is 1.00 bits per heavy atom. The number of carbonyl (C=O) groups excluding carboxylic acids is 1. The fourth-order valence-electron chi connectivity index (χ4n) is 4.13. The maximum Gasteiger partial charge on any atom is 0.256 e. The molecule has 0 aliphatic carbocycles. The Morgan fingerprint density at radius 2 is 1.77 bits per heavy atom. The van der Waals surface area contributed by atoms with Crippen molar-refractivity contribution in [3.05, 3.63) is 47.0 Å². The molecular weight excluding hydrogens is 434 g/mol. The van der Waals surface area contributed by atoms with Crippen molar-refractivity contribution in [3.8, 4) is 0 Å². The number of thiazole rings is 1.